The first-order chi connectivity index (χ1) is 6.71. The molecular formula is C12H23NO. The lowest BCUT2D eigenvalue weighted by Crippen LogP contribution is -2.54. The summed E-state index contributed by atoms with van der Waals surface area (Å²) < 4.78 is 0. The Hall–Kier alpha value is -0.0800. The topological polar surface area (TPSA) is 32.3 Å². The molecule has 0 aromatic carbocycles. The maximum absolute atomic E-state index is 10.6. The first kappa shape index (κ1) is 10.4. The van der Waals surface area contributed by atoms with Crippen LogP contribution in [0.3, 0.4) is 0 Å². The van der Waals surface area contributed by atoms with Gasteiger partial charge in [-0.05, 0) is 51.0 Å². The number of rotatable bonds is 1. The zero-order chi connectivity index (χ0) is 10.0. The van der Waals surface area contributed by atoms with E-state index in [-0.39, 0.29) is 5.60 Å². The lowest BCUT2D eigenvalue weighted by atomic mass is 9.73. The van der Waals surface area contributed by atoms with Crippen molar-refractivity contribution in [3.63, 3.8) is 0 Å². The number of nitrogens with one attached hydrogen (secondary N) is 1. The van der Waals surface area contributed by atoms with E-state index in [1.165, 1.54) is 32.1 Å². The standard InChI is InChI=1S/C12H23NO/c1-10-5-7-12(14,8-6-10)11-4-2-3-9-13-11/h10-11,13-14H,2-9H2,1H3. The van der Waals surface area contributed by atoms with E-state index in [2.05, 4.69) is 12.2 Å². The van der Waals surface area contributed by atoms with Crippen molar-refractivity contribution in [1.82, 2.24) is 5.32 Å². The predicted octanol–water partition coefficient (Wildman–Crippen LogP) is 2.07. The van der Waals surface area contributed by atoms with Gasteiger partial charge in [0.15, 0.2) is 0 Å². The normalized spacial score (nSPS) is 45.0. The van der Waals surface area contributed by atoms with E-state index in [1.807, 2.05) is 0 Å². The van der Waals surface area contributed by atoms with E-state index in [1.54, 1.807) is 0 Å². The minimum absolute atomic E-state index is 0.378. The molecule has 2 rings (SSSR count). The second-order valence-electron chi connectivity index (χ2n) is 5.29. The molecule has 2 heteroatoms. The summed E-state index contributed by atoms with van der Waals surface area (Å²) in [5.74, 6) is 0.818. The summed E-state index contributed by atoms with van der Waals surface area (Å²) in [7, 11) is 0. The van der Waals surface area contributed by atoms with Crippen molar-refractivity contribution in [2.75, 3.05) is 6.54 Å². The largest absolute Gasteiger partial charge is 0.388 e. The van der Waals surface area contributed by atoms with Crippen LogP contribution in [0.2, 0.25) is 0 Å². The van der Waals surface area contributed by atoms with Crippen molar-refractivity contribution in [3.8, 4) is 0 Å². The summed E-state index contributed by atoms with van der Waals surface area (Å²) >= 11 is 0. The molecule has 0 bridgehead atoms. The third-order valence-corrected chi connectivity index (χ3v) is 4.10. The van der Waals surface area contributed by atoms with Gasteiger partial charge in [-0.15, -0.1) is 0 Å². The fraction of sp³-hybridized carbons (Fsp3) is 1.00. The molecule has 1 aliphatic carbocycles. The van der Waals surface area contributed by atoms with Crippen LogP contribution in [0.1, 0.15) is 51.9 Å². The Balaban J connectivity index is 1.93. The van der Waals surface area contributed by atoms with Gasteiger partial charge in [-0.1, -0.05) is 13.3 Å². The number of aliphatic hydroxyl groups is 1. The van der Waals surface area contributed by atoms with E-state index in [4.69, 9.17) is 0 Å². The first-order valence-electron chi connectivity index (χ1n) is 6.16. The second kappa shape index (κ2) is 4.19. The predicted molar refractivity (Wildman–Crippen MR) is 58.2 cm³/mol. The van der Waals surface area contributed by atoms with Crippen LogP contribution in [0.4, 0.5) is 0 Å². The van der Waals surface area contributed by atoms with Crippen molar-refractivity contribution >= 4 is 0 Å². The molecule has 1 saturated heterocycles. The zero-order valence-corrected chi connectivity index (χ0v) is 9.26. The molecular weight excluding hydrogens is 174 g/mol. The highest BCUT2D eigenvalue weighted by Crippen LogP contribution is 2.36. The smallest absolute Gasteiger partial charge is 0.0800 e. The van der Waals surface area contributed by atoms with Crippen LogP contribution < -0.4 is 5.32 Å². The maximum atomic E-state index is 10.6. The highest BCUT2D eigenvalue weighted by Gasteiger charge is 2.39. The molecule has 2 aliphatic rings. The molecule has 0 aromatic rings. The van der Waals surface area contributed by atoms with Gasteiger partial charge in [0.25, 0.3) is 0 Å². The fourth-order valence-electron chi connectivity index (χ4n) is 2.92. The van der Waals surface area contributed by atoms with Crippen LogP contribution >= 0.6 is 0 Å². The minimum Gasteiger partial charge on any atom is -0.388 e. The molecule has 1 saturated carbocycles. The molecule has 0 aromatic heterocycles. The monoisotopic (exact) mass is 197 g/mol. The SMILES string of the molecule is CC1CCC(O)(C2CCCCN2)CC1. The average molecular weight is 197 g/mol. The highest BCUT2D eigenvalue weighted by molar-refractivity contribution is 4.95. The first-order valence-corrected chi connectivity index (χ1v) is 6.16. The number of hydrogen-bond donors (Lipinski definition) is 2. The molecule has 2 N–H and O–H groups in total. The number of hydrogen-bond acceptors (Lipinski definition) is 2. The molecule has 2 nitrogen and oxygen atoms in total. The summed E-state index contributed by atoms with van der Waals surface area (Å²) in [6.45, 7) is 3.40. The van der Waals surface area contributed by atoms with Crippen LogP contribution in [-0.2, 0) is 0 Å². The Labute approximate surface area is 87.1 Å². The van der Waals surface area contributed by atoms with Gasteiger partial charge in [0.05, 0.1) is 5.60 Å². The van der Waals surface area contributed by atoms with Gasteiger partial charge in [0.2, 0.25) is 0 Å². The molecule has 1 heterocycles. The van der Waals surface area contributed by atoms with Crippen LogP contribution in [0.15, 0.2) is 0 Å². The van der Waals surface area contributed by atoms with Gasteiger partial charge in [0.1, 0.15) is 0 Å². The Bertz CT molecular complexity index is 179. The molecule has 0 radical (unpaired) electrons. The Morgan fingerprint density at radius 1 is 1.14 bits per heavy atom. The van der Waals surface area contributed by atoms with Crippen LogP contribution in [0, 0.1) is 5.92 Å². The van der Waals surface area contributed by atoms with Crippen molar-refractivity contribution in [3.05, 3.63) is 0 Å². The Morgan fingerprint density at radius 2 is 1.86 bits per heavy atom. The van der Waals surface area contributed by atoms with Gasteiger partial charge >= 0.3 is 0 Å². The third-order valence-electron chi connectivity index (χ3n) is 4.10. The van der Waals surface area contributed by atoms with Crippen molar-refractivity contribution < 1.29 is 5.11 Å². The van der Waals surface area contributed by atoms with Crippen molar-refractivity contribution in [2.45, 2.75) is 63.5 Å². The summed E-state index contributed by atoms with van der Waals surface area (Å²) in [5.41, 5.74) is -0.382. The summed E-state index contributed by atoms with van der Waals surface area (Å²) in [4.78, 5) is 0. The second-order valence-corrected chi connectivity index (χ2v) is 5.29. The molecule has 0 amide bonds. The average Bonchev–Trinajstić information content (AvgIpc) is 2.24. The van der Waals surface area contributed by atoms with Gasteiger partial charge in [-0.2, -0.15) is 0 Å². The lowest BCUT2D eigenvalue weighted by molar-refractivity contribution is -0.0461. The van der Waals surface area contributed by atoms with E-state index in [0.29, 0.717) is 6.04 Å². The summed E-state index contributed by atoms with van der Waals surface area (Å²) in [5, 5.41) is 14.0. The van der Waals surface area contributed by atoms with Crippen molar-refractivity contribution in [2.24, 2.45) is 5.92 Å². The molecule has 1 aliphatic heterocycles. The Morgan fingerprint density at radius 3 is 2.43 bits per heavy atom. The van der Waals surface area contributed by atoms with Crippen LogP contribution in [0.5, 0.6) is 0 Å². The lowest BCUT2D eigenvalue weighted by Gasteiger charge is -2.43. The van der Waals surface area contributed by atoms with Gasteiger partial charge in [-0.25, -0.2) is 0 Å². The van der Waals surface area contributed by atoms with E-state index in [0.717, 1.165) is 25.3 Å². The minimum atomic E-state index is -0.382. The third kappa shape index (κ3) is 2.12. The molecule has 2 fully saturated rings. The number of piperidine rings is 1. The fourth-order valence-corrected chi connectivity index (χ4v) is 2.92. The molecule has 82 valence electrons. The zero-order valence-electron chi connectivity index (χ0n) is 9.26. The van der Waals surface area contributed by atoms with E-state index >= 15 is 0 Å². The van der Waals surface area contributed by atoms with Crippen molar-refractivity contribution in [1.29, 1.82) is 0 Å². The van der Waals surface area contributed by atoms with E-state index in [9.17, 15) is 5.11 Å². The summed E-state index contributed by atoms with van der Waals surface area (Å²) in [6, 6.07) is 0.378. The highest BCUT2D eigenvalue weighted by atomic mass is 16.3. The van der Waals surface area contributed by atoms with E-state index < -0.39 is 0 Å². The van der Waals surface area contributed by atoms with Crippen LogP contribution in [-0.4, -0.2) is 23.3 Å². The molecule has 14 heavy (non-hydrogen) atoms. The molecule has 1 unspecified atom stereocenters. The van der Waals surface area contributed by atoms with Gasteiger partial charge in [0, 0.05) is 6.04 Å². The van der Waals surface area contributed by atoms with Crippen LogP contribution in [0.25, 0.3) is 0 Å². The van der Waals surface area contributed by atoms with Gasteiger partial charge in [-0.3, -0.25) is 0 Å². The van der Waals surface area contributed by atoms with Gasteiger partial charge < -0.3 is 10.4 Å². The summed E-state index contributed by atoms with van der Waals surface area (Å²) in [6.07, 6.45) is 8.16. The molecule has 1 atom stereocenters. The maximum Gasteiger partial charge on any atom is 0.0800 e. The Kier molecular flexibility index (Phi) is 3.13. The quantitative estimate of drug-likeness (QED) is 0.674. The molecule has 0 spiro atoms.